The van der Waals surface area contributed by atoms with Crippen molar-refractivity contribution in [3.05, 3.63) is 28.2 Å². The molecule has 1 saturated heterocycles. The molecular weight excluding hydrogens is 398 g/mol. The van der Waals surface area contributed by atoms with E-state index in [1.165, 1.54) is 0 Å². The van der Waals surface area contributed by atoms with E-state index in [1.807, 2.05) is 0 Å². The molecule has 1 heterocycles. The fourth-order valence-electron chi connectivity index (χ4n) is 3.01. The predicted molar refractivity (Wildman–Crippen MR) is 92.0 cm³/mol. The van der Waals surface area contributed by atoms with Gasteiger partial charge in [-0.1, -0.05) is 15.9 Å². The van der Waals surface area contributed by atoms with Crippen LogP contribution in [0.25, 0.3) is 0 Å². The number of hydrogen-bond acceptors (Lipinski definition) is 5. The van der Waals surface area contributed by atoms with Crippen molar-refractivity contribution < 1.29 is 22.7 Å². The van der Waals surface area contributed by atoms with E-state index in [-0.39, 0.29) is 36.1 Å². The summed E-state index contributed by atoms with van der Waals surface area (Å²) < 4.78 is 29.7. The Kier molecular flexibility index (Phi) is 4.96. The van der Waals surface area contributed by atoms with Gasteiger partial charge in [0.25, 0.3) is 5.91 Å². The van der Waals surface area contributed by atoms with Gasteiger partial charge in [0.1, 0.15) is 5.75 Å². The molecule has 2 fully saturated rings. The molecule has 6 nitrogen and oxygen atoms in total. The number of carbonyl (C=O) groups excluding carboxylic acids is 2. The molecule has 8 heteroatoms. The first-order valence-electron chi connectivity index (χ1n) is 7.79. The molecular formula is C16H18BrNO5S. The summed E-state index contributed by atoms with van der Waals surface area (Å²) in [6.07, 6.45) is 2.97. The number of benzene rings is 1. The molecule has 24 heavy (non-hydrogen) atoms. The van der Waals surface area contributed by atoms with Gasteiger partial charge in [-0.3, -0.25) is 9.59 Å². The minimum atomic E-state index is -3.05. The predicted octanol–water partition coefficient (Wildman–Crippen LogP) is 1.82. The molecule has 130 valence electrons. The van der Waals surface area contributed by atoms with Crippen LogP contribution in [0.15, 0.2) is 22.7 Å². The van der Waals surface area contributed by atoms with Crippen LogP contribution in [0, 0.1) is 0 Å². The Balaban J connectivity index is 1.68. The van der Waals surface area contributed by atoms with Crippen LogP contribution >= 0.6 is 15.9 Å². The molecule has 1 aliphatic carbocycles. The molecule has 1 aromatic rings. The van der Waals surface area contributed by atoms with Gasteiger partial charge in [-0.25, -0.2) is 8.42 Å². The molecule has 1 aromatic carbocycles. The zero-order chi connectivity index (χ0) is 17.3. The van der Waals surface area contributed by atoms with Gasteiger partial charge in [-0.15, -0.1) is 0 Å². The van der Waals surface area contributed by atoms with Gasteiger partial charge in [0.05, 0.1) is 17.1 Å². The van der Waals surface area contributed by atoms with E-state index in [9.17, 15) is 18.0 Å². The molecule has 3 rings (SSSR count). The first-order chi connectivity index (χ1) is 11.4. The topological polar surface area (TPSA) is 80.8 Å². The Hall–Kier alpha value is -1.41. The van der Waals surface area contributed by atoms with Crippen molar-refractivity contribution in [3.8, 4) is 5.75 Å². The summed E-state index contributed by atoms with van der Waals surface area (Å²) >= 11 is 3.28. The zero-order valence-corrected chi connectivity index (χ0v) is 15.4. The second-order valence-electron chi connectivity index (χ2n) is 6.18. The lowest BCUT2D eigenvalue weighted by Gasteiger charge is -2.28. The van der Waals surface area contributed by atoms with Crippen molar-refractivity contribution in [1.82, 2.24) is 4.90 Å². The van der Waals surface area contributed by atoms with Crippen molar-refractivity contribution in [2.45, 2.75) is 31.3 Å². The molecule has 1 amide bonds. The number of ether oxygens (including phenoxy) is 1. The Bertz CT molecular complexity index is 760. The van der Waals surface area contributed by atoms with Crippen LogP contribution in [0.5, 0.6) is 5.75 Å². The first kappa shape index (κ1) is 17.4. The van der Waals surface area contributed by atoms with Crippen molar-refractivity contribution in [2.75, 3.05) is 18.1 Å². The van der Waals surface area contributed by atoms with Crippen LogP contribution in [0.1, 0.15) is 29.6 Å². The average molecular weight is 416 g/mol. The minimum Gasteiger partial charge on any atom is -0.483 e. The number of sulfone groups is 1. The third kappa shape index (κ3) is 3.97. The molecule has 0 N–H and O–H groups in total. The van der Waals surface area contributed by atoms with Crippen molar-refractivity contribution in [2.24, 2.45) is 0 Å². The van der Waals surface area contributed by atoms with Crippen molar-refractivity contribution >= 4 is 38.0 Å². The van der Waals surface area contributed by atoms with Crippen molar-refractivity contribution in [3.63, 3.8) is 0 Å². The fourth-order valence-corrected chi connectivity index (χ4v) is 5.10. The van der Waals surface area contributed by atoms with Crippen LogP contribution < -0.4 is 4.74 Å². The third-order valence-electron chi connectivity index (χ3n) is 4.28. The quantitative estimate of drug-likeness (QED) is 0.661. The third-order valence-corrected chi connectivity index (χ3v) is 6.52. The van der Waals surface area contributed by atoms with E-state index < -0.39 is 9.84 Å². The summed E-state index contributed by atoms with van der Waals surface area (Å²) in [5.74, 6) is 0.292. The smallest absolute Gasteiger partial charge is 0.261 e. The first-order valence-corrected chi connectivity index (χ1v) is 10.4. The number of aldehydes is 1. The minimum absolute atomic E-state index is 0.0348. The van der Waals surface area contributed by atoms with Gasteiger partial charge in [-0.2, -0.15) is 0 Å². The Morgan fingerprint density at radius 3 is 2.62 bits per heavy atom. The molecule has 0 aromatic heterocycles. The van der Waals surface area contributed by atoms with E-state index in [0.29, 0.717) is 24.0 Å². The number of carbonyl (C=O) groups is 2. The maximum Gasteiger partial charge on any atom is 0.261 e. The lowest BCUT2D eigenvalue weighted by molar-refractivity contribution is -0.135. The fraction of sp³-hybridized carbons (Fsp3) is 0.500. The monoisotopic (exact) mass is 415 g/mol. The van der Waals surface area contributed by atoms with Gasteiger partial charge >= 0.3 is 0 Å². The normalized spacial score (nSPS) is 22.1. The van der Waals surface area contributed by atoms with Gasteiger partial charge < -0.3 is 9.64 Å². The Labute approximate surface area is 149 Å². The number of halogens is 1. The molecule has 1 saturated carbocycles. The van der Waals surface area contributed by atoms with Crippen molar-refractivity contribution in [1.29, 1.82) is 0 Å². The van der Waals surface area contributed by atoms with Crippen LogP contribution in [0.2, 0.25) is 0 Å². The average Bonchev–Trinajstić information content (AvgIpc) is 3.29. The van der Waals surface area contributed by atoms with Gasteiger partial charge in [0, 0.05) is 16.6 Å². The van der Waals surface area contributed by atoms with E-state index in [0.717, 1.165) is 17.3 Å². The second-order valence-corrected chi connectivity index (χ2v) is 9.32. The lowest BCUT2D eigenvalue weighted by Crippen LogP contribution is -2.45. The van der Waals surface area contributed by atoms with Gasteiger partial charge in [0.2, 0.25) is 0 Å². The second kappa shape index (κ2) is 6.84. The molecule has 0 spiro atoms. The van der Waals surface area contributed by atoms with Gasteiger partial charge in [-0.05, 0) is 37.5 Å². The number of nitrogens with zero attached hydrogens (tertiary/aromatic N) is 1. The number of hydrogen-bond donors (Lipinski definition) is 0. The molecule has 0 unspecified atom stereocenters. The summed E-state index contributed by atoms with van der Waals surface area (Å²) in [5, 5.41) is 0. The Morgan fingerprint density at radius 1 is 1.29 bits per heavy atom. The summed E-state index contributed by atoms with van der Waals surface area (Å²) in [4.78, 5) is 25.3. The van der Waals surface area contributed by atoms with E-state index in [4.69, 9.17) is 4.74 Å². The summed E-state index contributed by atoms with van der Waals surface area (Å²) in [6.45, 7) is -0.199. The standard InChI is InChI=1S/C16H18BrNO5S/c17-12-1-4-15(11(7-12)8-19)23-9-16(20)18(13-2-3-13)14-5-6-24(21,22)10-14/h1,4,7-8,13-14H,2-3,5-6,9-10H2/t14-/m1/s1. The number of rotatable bonds is 6. The highest BCUT2D eigenvalue weighted by Gasteiger charge is 2.42. The summed E-state index contributed by atoms with van der Waals surface area (Å²) in [5.41, 5.74) is 0.360. The summed E-state index contributed by atoms with van der Waals surface area (Å²) in [7, 11) is -3.05. The van der Waals surface area contributed by atoms with Crippen LogP contribution in [0.3, 0.4) is 0 Å². The van der Waals surface area contributed by atoms with E-state index >= 15 is 0 Å². The SMILES string of the molecule is O=Cc1cc(Br)ccc1OCC(=O)N(C1CC1)[C@@H]1CCS(=O)(=O)C1. The number of amides is 1. The maximum absolute atomic E-state index is 12.6. The Morgan fingerprint density at radius 2 is 2.04 bits per heavy atom. The van der Waals surface area contributed by atoms with Gasteiger partial charge in [0.15, 0.2) is 22.7 Å². The van der Waals surface area contributed by atoms with E-state index in [2.05, 4.69) is 15.9 Å². The lowest BCUT2D eigenvalue weighted by atomic mass is 10.2. The van der Waals surface area contributed by atoms with Crippen LogP contribution in [0.4, 0.5) is 0 Å². The van der Waals surface area contributed by atoms with Crippen LogP contribution in [-0.2, 0) is 14.6 Å². The van der Waals surface area contributed by atoms with Crippen LogP contribution in [-0.4, -0.2) is 55.7 Å². The highest BCUT2D eigenvalue weighted by Crippen LogP contribution is 2.32. The molecule has 0 radical (unpaired) electrons. The molecule has 0 bridgehead atoms. The largest absolute Gasteiger partial charge is 0.483 e. The zero-order valence-electron chi connectivity index (χ0n) is 13.0. The maximum atomic E-state index is 12.6. The summed E-state index contributed by atoms with van der Waals surface area (Å²) in [6, 6.07) is 4.84. The molecule has 1 aliphatic heterocycles. The highest BCUT2D eigenvalue weighted by atomic mass is 79.9. The molecule has 1 atom stereocenters. The van der Waals surface area contributed by atoms with E-state index in [1.54, 1.807) is 23.1 Å². The molecule has 2 aliphatic rings. The highest BCUT2D eigenvalue weighted by molar-refractivity contribution is 9.10.